The maximum absolute atomic E-state index is 5.26. The molecule has 0 aliphatic heterocycles. The summed E-state index contributed by atoms with van der Waals surface area (Å²) in [5.74, 6) is 1.70. The van der Waals surface area contributed by atoms with Crippen molar-refractivity contribution in [3.05, 3.63) is 29.8 Å². The van der Waals surface area contributed by atoms with Gasteiger partial charge >= 0.3 is 0 Å². The second-order valence-electron chi connectivity index (χ2n) is 2.99. The molecule has 0 saturated carbocycles. The fourth-order valence-corrected chi connectivity index (χ4v) is 1.51. The molecule has 0 aromatic heterocycles. The highest BCUT2D eigenvalue weighted by atomic mass is 79.9. The average Bonchev–Trinajstić information content (AvgIpc) is 2.29. The molecule has 0 radical (unpaired) electrons. The van der Waals surface area contributed by atoms with Gasteiger partial charge in [-0.25, -0.2) is 0 Å². The van der Waals surface area contributed by atoms with Gasteiger partial charge in [-0.2, -0.15) is 0 Å². The number of hydrogen-bond acceptors (Lipinski definition) is 2. The van der Waals surface area contributed by atoms with Gasteiger partial charge in [0.25, 0.3) is 0 Å². The Balaban J connectivity index is 2.90. The molecule has 2 nitrogen and oxygen atoms in total. The normalized spacial score (nSPS) is 10.6. The van der Waals surface area contributed by atoms with E-state index in [0.717, 1.165) is 28.8 Å². The van der Waals surface area contributed by atoms with Crippen molar-refractivity contribution in [3.8, 4) is 11.5 Å². The minimum atomic E-state index is 0.842. The van der Waals surface area contributed by atoms with Crippen molar-refractivity contribution in [3.63, 3.8) is 0 Å². The van der Waals surface area contributed by atoms with Crippen molar-refractivity contribution in [2.24, 2.45) is 0 Å². The van der Waals surface area contributed by atoms with Crippen molar-refractivity contribution in [2.45, 2.75) is 6.42 Å². The zero-order valence-corrected chi connectivity index (χ0v) is 10.6. The van der Waals surface area contributed by atoms with Gasteiger partial charge in [-0.1, -0.05) is 28.1 Å². The summed E-state index contributed by atoms with van der Waals surface area (Å²) < 4.78 is 10.4. The first kappa shape index (κ1) is 12.1. The number of allylic oxidation sites excluding steroid dienone is 1. The summed E-state index contributed by atoms with van der Waals surface area (Å²) in [7, 11) is 3.33. The lowest BCUT2D eigenvalue weighted by molar-refractivity contribution is 0.402. The molecule has 0 unspecified atom stereocenters. The number of ether oxygens (including phenoxy) is 2. The zero-order chi connectivity index (χ0) is 11.1. The Morgan fingerprint density at radius 3 is 2.67 bits per heavy atom. The van der Waals surface area contributed by atoms with Gasteiger partial charge < -0.3 is 9.47 Å². The number of benzene rings is 1. The molecule has 0 amide bonds. The number of halogens is 1. The van der Waals surface area contributed by atoms with Gasteiger partial charge in [0, 0.05) is 10.9 Å². The molecule has 3 heteroatoms. The van der Waals surface area contributed by atoms with E-state index in [1.165, 1.54) is 0 Å². The molecule has 0 aliphatic rings. The minimum Gasteiger partial charge on any atom is -0.497 e. The van der Waals surface area contributed by atoms with Gasteiger partial charge in [-0.15, -0.1) is 0 Å². The van der Waals surface area contributed by atoms with Crippen LogP contribution < -0.4 is 9.47 Å². The van der Waals surface area contributed by atoms with Gasteiger partial charge in [0.2, 0.25) is 0 Å². The maximum Gasteiger partial charge on any atom is 0.126 e. The molecule has 0 aliphatic carbocycles. The van der Waals surface area contributed by atoms with Gasteiger partial charge in [0.1, 0.15) is 11.5 Å². The van der Waals surface area contributed by atoms with E-state index in [-0.39, 0.29) is 0 Å². The van der Waals surface area contributed by atoms with Crippen LogP contribution in [-0.2, 0) is 0 Å². The van der Waals surface area contributed by atoms with E-state index in [1.54, 1.807) is 14.2 Å². The molecular weight excluding hydrogens is 256 g/mol. The number of alkyl halides is 1. The fraction of sp³-hybridized carbons (Fsp3) is 0.333. The first-order chi connectivity index (χ1) is 7.31. The lowest BCUT2D eigenvalue weighted by Gasteiger charge is -2.06. The molecule has 1 rings (SSSR count). The molecule has 15 heavy (non-hydrogen) atoms. The molecular formula is C12H15BrO2. The quantitative estimate of drug-likeness (QED) is 0.763. The van der Waals surface area contributed by atoms with Crippen LogP contribution in [0.1, 0.15) is 12.0 Å². The van der Waals surface area contributed by atoms with E-state index in [0.29, 0.717) is 0 Å². The summed E-state index contributed by atoms with van der Waals surface area (Å²) in [4.78, 5) is 0. The van der Waals surface area contributed by atoms with Crippen LogP contribution in [0, 0.1) is 0 Å². The van der Waals surface area contributed by atoms with E-state index in [9.17, 15) is 0 Å². The molecule has 1 aromatic rings. The van der Waals surface area contributed by atoms with Crippen molar-refractivity contribution < 1.29 is 9.47 Å². The van der Waals surface area contributed by atoms with Crippen LogP contribution >= 0.6 is 15.9 Å². The summed E-state index contributed by atoms with van der Waals surface area (Å²) >= 11 is 3.38. The van der Waals surface area contributed by atoms with Crippen molar-refractivity contribution >= 4 is 22.0 Å². The first-order valence-electron chi connectivity index (χ1n) is 4.76. The fourth-order valence-electron chi connectivity index (χ4n) is 1.24. The summed E-state index contributed by atoms with van der Waals surface area (Å²) in [5, 5.41) is 0.968. The number of hydrogen-bond donors (Lipinski definition) is 0. The number of methoxy groups -OCH3 is 2. The van der Waals surface area contributed by atoms with Gasteiger partial charge in [0.05, 0.1) is 14.2 Å². The molecule has 0 spiro atoms. The van der Waals surface area contributed by atoms with Crippen LogP contribution in [0.2, 0.25) is 0 Å². The van der Waals surface area contributed by atoms with Gasteiger partial charge in [-0.05, 0) is 24.6 Å². The Labute approximate surface area is 99.0 Å². The topological polar surface area (TPSA) is 18.5 Å². The van der Waals surface area contributed by atoms with E-state index in [4.69, 9.17) is 9.47 Å². The second-order valence-corrected chi connectivity index (χ2v) is 3.78. The van der Waals surface area contributed by atoms with E-state index in [1.807, 2.05) is 24.3 Å². The van der Waals surface area contributed by atoms with Gasteiger partial charge in [0.15, 0.2) is 0 Å². The second kappa shape index (κ2) is 6.51. The van der Waals surface area contributed by atoms with Gasteiger partial charge in [-0.3, -0.25) is 0 Å². The van der Waals surface area contributed by atoms with Crippen molar-refractivity contribution in [2.75, 3.05) is 19.5 Å². The standard InChI is InChI=1S/C12H15BrO2/c1-14-11-6-7-12(15-2)10(9-11)5-3-4-8-13/h3,5-7,9H,4,8H2,1-2H3/b5-3+. The summed E-state index contributed by atoms with van der Waals surface area (Å²) in [6.45, 7) is 0. The Morgan fingerprint density at radius 1 is 1.27 bits per heavy atom. The van der Waals surface area contributed by atoms with Crippen LogP contribution in [0.15, 0.2) is 24.3 Å². The summed E-state index contributed by atoms with van der Waals surface area (Å²) in [6, 6.07) is 5.76. The lowest BCUT2D eigenvalue weighted by Crippen LogP contribution is -1.89. The van der Waals surface area contributed by atoms with Crippen LogP contribution in [0.5, 0.6) is 11.5 Å². The highest BCUT2D eigenvalue weighted by Crippen LogP contribution is 2.25. The van der Waals surface area contributed by atoms with Crippen LogP contribution in [-0.4, -0.2) is 19.5 Å². The zero-order valence-electron chi connectivity index (χ0n) is 9.00. The molecule has 0 heterocycles. The Bertz CT molecular complexity index is 334. The summed E-state index contributed by atoms with van der Waals surface area (Å²) in [6.07, 6.45) is 5.15. The van der Waals surface area contributed by atoms with E-state index in [2.05, 4.69) is 22.0 Å². The third-order valence-electron chi connectivity index (χ3n) is 2.01. The van der Waals surface area contributed by atoms with E-state index >= 15 is 0 Å². The third kappa shape index (κ3) is 3.59. The maximum atomic E-state index is 5.26. The van der Waals surface area contributed by atoms with Crippen molar-refractivity contribution in [1.82, 2.24) is 0 Å². The van der Waals surface area contributed by atoms with Crippen LogP contribution in [0.3, 0.4) is 0 Å². The first-order valence-corrected chi connectivity index (χ1v) is 5.88. The largest absolute Gasteiger partial charge is 0.497 e. The highest BCUT2D eigenvalue weighted by Gasteiger charge is 2.00. The smallest absolute Gasteiger partial charge is 0.126 e. The summed E-state index contributed by atoms with van der Waals surface area (Å²) in [5.41, 5.74) is 1.04. The molecule has 0 atom stereocenters. The highest BCUT2D eigenvalue weighted by molar-refractivity contribution is 9.09. The minimum absolute atomic E-state index is 0.842. The third-order valence-corrected chi connectivity index (χ3v) is 2.47. The Hall–Kier alpha value is -0.960. The molecule has 1 aromatic carbocycles. The molecule has 82 valence electrons. The van der Waals surface area contributed by atoms with Crippen LogP contribution in [0.4, 0.5) is 0 Å². The Morgan fingerprint density at radius 2 is 2.07 bits per heavy atom. The average molecular weight is 271 g/mol. The monoisotopic (exact) mass is 270 g/mol. The number of rotatable bonds is 5. The lowest BCUT2D eigenvalue weighted by atomic mass is 10.1. The molecule has 0 saturated heterocycles. The van der Waals surface area contributed by atoms with Crippen LogP contribution in [0.25, 0.3) is 6.08 Å². The predicted octanol–water partition coefficient (Wildman–Crippen LogP) is 3.50. The van der Waals surface area contributed by atoms with Crippen molar-refractivity contribution in [1.29, 1.82) is 0 Å². The predicted molar refractivity (Wildman–Crippen MR) is 67.0 cm³/mol. The molecule has 0 bridgehead atoms. The van der Waals surface area contributed by atoms with E-state index < -0.39 is 0 Å². The Kier molecular flexibility index (Phi) is 5.26. The molecule has 0 fully saturated rings. The molecule has 0 N–H and O–H groups in total. The SMILES string of the molecule is COc1ccc(OC)c(/C=C/CCBr)c1.